The molecule has 1 aromatic carbocycles. The molecule has 0 saturated carbocycles. The summed E-state index contributed by atoms with van der Waals surface area (Å²) in [5.74, 6) is 1.29. The second kappa shape index (κ2) is 8.40. The molecule has 152 valence electrons. The number of fused-ring (bicyclic) bond motifs is 1. The Morgan fingerprint density at radius 1 is 1.18 bits per heavy atom. The predicted molar refractivity (Wildman–Crippen MR) is 105 cm³/mol. The third-order valence-electron chi connectivity index (χ3n) is 5.18. The monoisotopic (exact) mass is 405 g/mol. The Morgan fingerprint density at radius 3 is 2.71 bits per heavy atom. The molecule has 0 unspecified atom stereocenters. The van der Waals surface area contributed by atoms with Crippen LogP contribution in [-0.2, 0) is 34.3 Å². The molecule has 2 aromatic rings. The summed E-state index contributed by atoms with van der Waals surface area (Å²) in [6.07, 6.45) is 4.24. The minimum absolute atomic E-state index is 0.189. The topological polar surface area (TPSA) is 97.2 Å². The highest BCUT2D eigenvalue weighted by Crippen LogP contribution is 2.18. The van der Waals surface area contributed by atoms with Crippen molar-refractivity contribution < 1.29 is 13.2 Å². The Morgan fingerprint density at radius 2 is 1.96 bits per heavy atom. The molecule has 9 heteroatoms. The van der Waals surface area contributed by atoms with Crippen molar-refractivity contribution in [2.45, 2.75) is 57.5 Å². The van der Waals surface area contributed by atoms with E-state index in [0.29, 0.717) is 5.82 Å². The predicted octanol–water partition coefficient (Wildman–Crippen LogP) is 1.56. The number of benzene rings is 1. The van der Waals surface area contributed by atoms with Crippen LogP contribution in [0.1, 0.15) is 42.0 Å². The van der Waals surface area contributed by atoms with E-state index in [4.69, 9.17) is 0 Å². The average Bonchev–Trinajstić information content (AvgIpc) is 2.88. The standard InChI is InChI=1S/C19H27N5O3S/c1-14-8-9-16(11-15(14)2)28(26,27)23(3)13-19(25)20-12-18-22-21-17-7-5-4-6-10-24(17)18/h8-9,11H,4-7,10,12-13H2,1-3H3,(H,20,25). The number of carbonyl (C=O) groups is 1. The molecule has 1 aromatic heterocycles. The summed E-state index contributed by atoms with van der Waals surface area (Å²) in [5, 5.41) is 11.1. The van der Waals surface area contributed by atoms with Crippen molar-refractivity contribution >= 4 is 15.9 Å². The Bertz CT molecular complexity index is 968. The summed E-state index contributed by atoms with van der Waals surface area (Å²) in [5.41, 5.74) is 1.92. The summed E-state index contributed by atoms with van der Waals surface area (Å²) in [7, 11) is -2.32. The second-order valence-electron chi connectivity index (χ2n) is 7.28. The first-order valence-corrected chi connectivity index (χ1v) is 10.9. The number of amides is 1. The van der Waals surface area contributed by atoms with Crippen molar-refractivity contribution in [1.82, 2.24) is 24.4 Å². The Hall–Kier alpha value is -2.26. The number of aromatic nitrogens is 3. The van der Waals surface area contributed by atoms with Crippen LogP contribution in [0, 0.1) is 13.8 Å². The first-order valence-electron chi connectivity index (χ1n) is 9.50. The highest BCUT2D eigenvalue weighted by Gasteiger charge is 2.23. The van der Waals surface area contributed by atoms with Gasteiger partial charge < -0.3 is 9.88 Å². The highest BCUT2D eigenvalue weighted by molar-refractivity contribution is 7.89. The molecule has 0 fully saturated rings. The maximum Gasteiger partial charge on any atom is 0.243 e. The van der Waals surface area contributed by atoms with Gasteiger partial charge in [-0.25, -0.2) is 8.42 Å². The number of nitrogens with zero attached hydrogens (tertiary/aromatic N) is 4. The van der Waals surface area contributed by atoms with Gasteiger partial charge in [0.2, 0.25) is 15.9 Å². The zero-order valence-corrected chi connectivity index (χ0v) is 17.4. The van der Waals surface area contributed by atoms with Crippen LogP contribution in [-0.4, -0.2) is 47.0 Å². The largest absolute Gasteiger partial charge is 0.348 e. The molecule has 0 radical (unpaired) electrons. The van der Waals surface area contributed by atoms with Crippen molar-refractivity contribution in [3.8, 4) is 0 Å². The number of carbonyl (C=O) groups excluding carboxylic acids is 1. The Balaban J connectivity index is 1.61. The van der Waals surface area contributed by atoms with Crippen LogP contribution in [0.3, 0.4) is 0 Å². The number of hydrogen-bond acceptors (Lipinski definition) is 5. The van der Waals surface area contributed by atoms with E-state index < -0.39 is 10.0 Å². The number of aryl methyl sites for hydroxylation is 3. The SMILES string of the molecule is Cc1ccc(S(=O)(=O)N(C)CC(=O)NCc2nnc3n2CCCCC3)cc1C. The van der Waals surface area contributed by atoms with E-state index in [0.717, 1.165) is 53.5 Å². The van der Waals surface area contributed by atoms with E-state index in [-0.39, 0.29) is 23.9 Å². The molecule has 0 atom stereocenters. The minimum atomic E-state index is -3.73. The fourth-order valence-corrected chi connectivity index (χ4v) is 4.46. The van der Waals surface area contributed by atoms with Gasteiger partial charge in [0.05, 0.1) is 18.0 Å². The quantitative estimate of drug-likeness (QED) is 0.787. The fourth-order valence-electron chi connectivity index (χ4n) is 3.25. The molecule has 0 spiro atoms. The van der Waals surface area contributed by atoms with E-state index >= 15 is 0 Å². The summed E-state index contributed by atoms with van der Waals surface area (Å²) < 4.78 is 28.6. The maximum atomic E-state index is 12.7. The van der Waals surface area contributed by atoms with Crippen LogP contribution in [0.25, 0.3) is 0 Å². The summed E-state index contributed by atoms with van der Waals surface area (Å²) in [4.78, 5) is 12.5. The van der Waals surface area contributed by atoms with Gasteiger partial charge in [0.1, 0.15) is 5.82 Å². The third-order valence-corrected chi connectivity index (χ3v) is 6.98. The summed E-state index contributed by atoms with van der Waals surface area (Å²) in [6, 6.07) is 4.97. The number of rotatable bonds is 6. The zero-order chi connectivity index (χ0) is 20.3. The van der Waals surface area contributed by atoms with E-state index in [2.05, 4.69) is 20.1 Å². The van der Waals surface area contributed by atoms with Gasteiger partial charge in [0, 0.05) is 20.0 Å². The van der Waals surface area contributed by atoms with Crippen LogP contribution in [0.15, 0.2) is 23.1 Å². The van der Waals surface area contributed by atoms with Gasteiger partial charge in [0.25, 0.3) is 0 Å². The summed E-state index contributed by atoms with van der Waals surface area (Å²) in [6.45, 7) is 4.63. The number of sulfonamides is 1. The molecule has 28 heavy (non-hydrogen) atoms. The van der Waals surface area contributed by atoms with Crippen molar-refractivity contribution in [3.63, 3.8) is 0 Å². The number of nitrogens with one attached hydrogen (secondary N) is 1. The summed E-state index contributed by atoms with van der Waals surface area (Å²) >= 11 is 0. The first-order chi connectivity index (χ1) is 13.3. The Kier molecular flexibility index (Phi) is 6.14. The van der Waals surface area contributed by atoms with Crippen molar-refractivity contribution in [1.29, 1.82) is 0 Å². The maximum absolute atomic E-state index is 12.7. The Labute approximate surface area is 166 Å². The highest BCUT2D eigenvalue weighted by atomic mass is 32.2. The van der Waals surface area contributed by atoms with Gasteiger partial charge in [-0.3, -0.25) is 4.79 Å². The van der Waals surface area contributed by atoms with Gasteiger partial charge in [-0.2, -0.15) is 4.31 Å². The molecule has 0 bridgehead atoms. The van der Waals surface area contributed by atoms with Crippen LogP contribution < -0.4 is 5.32 Å². The molecular weight excluding hydrogens is 378 g/mol. The van der Waals surface area contributed by atoms with Crippen LogP contribution in [0.2, 0.25) is 0 Å². The van der Waals surface area contributed by atoms with E-state index in [1.54, 1.807) is 18.2 Å². The van der Waals surface area contributed by atoms with Crippen LogP contribution in [0.4, 0.5) is 0 Å². The van der Waals surface area contributed by atoms with Crippen molar-refractivity contribution in [3.05, 3.63) is 41.0 Å². The average molecular weight is 406 g/mol. The van der Waals surface area contributed by atoms with E-state index in [1.165, 1.54) is 7.05 Å². The van der Waals surface area contributed by atoms with E-state index in [1.807, 2.05) is 13.8 Å². The number of hydrogen-bond donors (Lipinski definition) is 1. The van der Waals surface area contributed by atoms with Gasteiger partial charge in [0.15, 0.2) is 5.82 Å². The van der Waals surface area contributed by atoms with Crippen LogP contribution in [0.5, 0.6) is 0 Å². The lowest BCUT2D eigenvalue weighted by molar-refractivity contribution is -0.121. The molecule has 1 amide bonds. The molecule has 1 aliphatic rings. The number of likely N-dealkylation sites (N-methyl/N-ethyl adjacent to an activating group) is 1. The van der Waals surface area contributed by atoms with Gasteiger partial charge in [-0.1, -0.05) is 12.5 Å². The lowest BCUT2D eigenvalue weighted by Crippen LogP contribution is -2.38. The smallest absolute Gasteiger partial charge is 0.243 e. The molecule has 0 saturated heterocycles. The second-order valence-corrected chi connectivity index (χ2v) is 9.32. The molecule has 2 heterocycles. The lowest BCUT2D eigenvalue weighted by atomic mass is 10.1. The van der Waals surface area contributed by atoms with Gasteiger partial charge in [-0.15, -0.1) is 10.2 Å². The molecule has 1 aliphatic heterocycles. The van der Waals surface area contributed by atoms with Gasteiger partial charge in [-0.05, 0) is 49.9 Å². The normalized spacial score (nSPS) is 14.6. The first kappa shape index (κ1) is 20.5. The third kappa shape index (κ3) is 4.41. The fraction of sp³-hybridized carbons (Fsp3) is 0.526. The molecule has 3 rings (SSSR count). The minimum Gasteiger partial charge on any atom is -0.348 e. The van der Waals surface area contributed by atoms with Gasteiger partial charge >= 0.3 is 0 Å². The molecule has 8 nitrogen and oxygen atoms in total. The zero-order valence-electron chi connectivity index (χ0n) is 16.6. The molecular formula is C19H27N5O3S. The van der Waals surface area contributed by atoms with E-state index in [9.17, 15) is 13.2 Å². The van der Waals surface area contributed by atoms with Crippen LogP contribution >= 0.6 is 0 Å². The lowest BCUT2D eigenvalue weighted by Gasteiger charge is -2.17. The van der Waals surface area contributed by atoms with Crippen molar-refractivity contribution in [2.24, 2.45) is 0 Å². The molecule has 0 aliphatic carbocycles. The molecule has 1 N–H and O–H groups in total. The van der Waals surface area contributed by atoms with Crippen molar-refractivity contribution in [2.75, 3.05) is 13.6 Å².